The van der Waals surface area contributed by atoms with Crippen LogP contribution < -0.4 is 25.0 Å². The van der Waals surface area contributed by atoms with Gasteiger partial charge in [0.2, 0.25) is 0 Å². The van der Waals surface area contributed by atoms with E-state index in [9.17, 15) is 9.59 Å². The summed E-state index contributed by atoms with van der Waals surface area (Å²) >= 11 is 0. The molecule has 0 aromatic carbocycles. The molecular formula is C25H25N7O6. The van der Waals surface area contributed by atoms with E-state index in [0.29, 0.717) is 68.1 Å². The van der Waals surface area contributed by atoms with Gasteiger partial charge in [-0.3, -0.25) is 14.7 Å². The van der Waals surface area contributed by atoms with Crippen molar-refractivity contribution in [1.29, 1.82) is 0 Å². The summed E-state index contributed by atoms with van der Waals surface area (Å²) < 4.78 is 21.8. The zero-order chi connectivity index (χ0) is 25.9. The van der Waals surface area contributed by atoms with Gasteiger partial charge in [-0.15, -0.1) is 0 Å². The highest BCUT2D eigenvalue weighted by Crippen LogP contribution is 2.30. The third-order valence-electron chi connectivity index (χ3n) is 6.21. The van der Waals surface area contributed by atoms with Crippen molar-refractivity contribution in [2.75, 3.05) is 43.1 Å². The minimum Gasteiger partial charge on any atom is -0.484 e. The summed E-state index contributed by atoms with van der Waals surface area (Å²) in [5, 5.41) is 14.3. The molecule has 0 unspecified atom stereocenters. The molecule has 3 aromatic heterocycles. The van der Waals surface area contributed by atoms with Gasteiger partial charge in [0.25, 0.3) is 5.91 Å². The van der Waals surface area contributed by atoms with Gasteiger partial charge < -0.3 is 29.6 Å². The van der Waals surface area contributed by atoms with Crippen molar-refractivity contribution in [3.05, 3.63) is 48.4 Å². The van der Waals surface area contributed by atoms with Gasteiger partial charge in [-0.1, -0.05) is 0 Å². The average molecular weight is 520 g/mol. The molecule has 1 atom stereocenters. The lowest BCUT2D eigenvalue weighted by molar-refractivity contribution is -0.118. The number of amides is 2. The lowest BCUT2D eigenvalue weighted by Crippen LogP contribution is -2.38. The van der Waals surface area contributed by atoms with E-state index in [2.05, 4.69) is 30.8 Å². The molecule has 6 heterocycles. The first-order chi connectivity index (χ1) is 18.6. The number of hydrogen-bond donors (Lipinski definition) is 2. The predicted octanol–water partition coefficient (Wildman–Crippen LogP) is 1.55. The van der Waals surface area contributed by atoms with Crippen LogP contribution in [0.3, 0.4) is 0 Å². The van der Waals surface area contributed by atoms with E-state index in [1.54, 1.807) is 24.5 Å². The van der Waals surface area contributed by atoms with E-state index < -0.39 is 6.09 Å². The number of rotatable bonds is 9. The van der Waals surface area contributed by atoms with Crippen molar-refractivity contribution in [2.45, 2.75) is 25.2 Å². The van der Waals surface area contributed by atoms with Crippen molar-refractivity contribution in [3.63, 3.8) is 0 Å². The topological polar surface area (TPSA) is 150 Å². The lowest BCUT2D eigenvalue weighted by atomic mass is 10.1. The summed E-state index contributed by atoms with van der Waals surface area (Å²) in [5.74, 6) is 1.53. The maximum absolute atomic E-state index is 12.4. The Hall–Kier alpha value is -4.36. The van der Waals surface area contributed by atoms with Gasteiger partial charge in [-0.2, -0.15) is 10.2 Å². The van der Waals surface area contributed by atoms with E-state index in [-0.39, 0.29) is 24.7 Å². The highest BCUT2D eigenvalue weighted by molar-refractivity contribution is 5.95. The number of cyclic esters (lactones) is 1. The second-order valence-electron chi connectivity index (χ2n) is 9.02. The largest absolute Gasteiger partial charge is 0.484 e. The fourth-order valence-electron chi connectivity index (χ4n) is 4.21. The first-order valence-corrected chi connectivity index (χ1v) is 12.3. The van der Waals surface area contributed by atoms with Crippen molar-refractivity contribution in [2.24, 2.45) is 0 Å². The van der Waals surface area contributed by atoms with E-state index in [1.165, 1.54) is 4.90 Å². The molecular weight excluding hydrogens is 494 g/mol. The summed E-state index contributed by atoms with van der Waals surface area (Å²) in [6, 6.07) is 9.04. The summed E-state index contributed by atoms with van der Waals surface area (Å²) in [4.78, 5) is 34.2. The normalized spacial score (nSPS) is 18.7. The molecule has 38 heavy (non-hydrogen) atoms. The highest BCUT2D eigenvalue weighted by Gasteiger charge is 2.33. The predicted molar refractivity (Wildman–Crippen MR) is 133 cm³/mol. The van der Waals surface area contributed by atoms with E-state index in [4.69, 9.17) is 18.9 Å². The Balaban J connectivity index is 1.00. The van der Waals surface area contributed by atoms with Crippen LogP contribution in [0.2, 0.25) is 0 Å². The number of nitrogens with zero attached hydrogens (tertiary/aromatic N) is 5. The second kappa shape index (κ2) is 10.6. The smallest absolute Gasteiger partial charge is 0.415 e. The van der Waals surface area contributed by atoms with Crippen LogP contribution in [0.4, 0.5) is 16.4 Å². The van der Waals surface area contributed by atoms with Crippen LogP contribution in [0.1, 0.15) is 12.1 Å². The third-order valence-corrected chi connectivity index (χ3v) is 6.21. The first-order valence-electron chi connectivity index (χ1n) is 12.3. The van der Waals surface area contributed by atoms with Gasteiger partial charge >= 0.3 is 6.09 Å². The van der Waals surface area contributed by atoms with Crippen molar-refractivity contribution in [3.8, 4) is 22.8 Å². The molecule has 6 rings (SSSR count). The zero-order valence-corrected chi connectivity index (χ0v) is 20.3. The van der Waals surface area contributed by atoms with Gasteiger partial charge in [0.05, 0.1) is 37.3 Å². The number of anilines is 2. The molecule has 13 nitrogen and oxygen atoms in total. The number of aromatic nitrogens is 4. The standard InChI is InChI=1S/C25H25N7O6/c33-23-14-36-21-1-2-22(29-24(21)30-23)32-11-17(38-25(32)34)4-5-26-9-16-7-15(3-6-27-16)20-8-18(10-28-31-20)37-19-12-35-13-19/h1-3,6-8,10,17,19,26H,4-5,9,11-14H2,(H,29,30,33)/t17-/m0/s1. The molecule has 196 valence electrons. The molecule has 0 aliphatic carbocycles. The Morgan fingerprint density at radius 2 is 2.11 bits per heavy atom. The number of ether oxygens (including phenoxy) is 4. The van der Waals surface area contributed by atoms with Crippen LogP contribution in [0.15, 0.2) is 42.7 Å². The maximum atomic E-state index is 12.4. The molecule has 0 spiro atoms. The quantitative estimate of drug-likeness (QED) is 0.396. The van der Waals surface area contributed by atoms with Crippen molar-refractivity contribution >= 4 is 23.6 Å². The first kappa shape index (κ1) is 24.0. The molecule has 3 aliphatic rings. The Bertz CT molecular complexity index is 1350. The average Bonchev–Trinajstić information content (AvgIpc) is 3.29. The van der Waals surface area contributed by atoms with Gasteiger partial charge in [0, 0.05) is 24.4 Å². The molecule has 2 saturated heterocycles. The number of carbonyl (C=O) groups is 2. The lowest BCUT2D eigenvalue weighted by Gasteiger charge is -2.26. The summed E-state index contributed by atoms with van der Waals surface area (Å²) in [5.41, 5.74) is 2.43. The number of pyridine rings is 2. The van der Waals surface area contributed by atoms with Gasteiger partial charge in [0.1, 0.15) is 23.8 Å². The Kier molecular flexibility index (Phi) is 6.67. The summed E-state index contributed by atoms with van der Waals surface area (Å²) in [6.07, 6.45) is 3.23. The number of nitrogens with one attached hydrogen (secondary N) is 2. The van der Waals surface area contributed by atoms with Gasteiger partial charge in [-0.25, -0.2) is 9.78 Å². The van der Waals surface area contributed by atoms with Gasteiger partial charge in [0.15, 0.2) is 18.2 Å². The molecule has 3 aliphatic heterocycles. The third kappa shape index (κ3) is 5.33. The van der Waals surface area contributed by atoms with Gasteiger partial charge in [-0.05, 0) is 37.2 Å². The number of carbonyl (C=O) groups excluding carboxylic acids is 2. The van der Waals surface area contributed by atoms with Crippen LogP contribution in [-0.4, -0.2) is 77.3 Å². The van der Waals surface area contributed by atoms with E-state index in [0.717, 1.165) is 11.3 Å². The molecule has 0 saturated carbocycles. The maximum Gasteiger partial charge on any atom is 0.415 e. The molecule has 3 aromatic rings. The minimum atomic E-state index is -0.475. The zero-order valence-electron chi connectivity index (χ0n) is 20.3. The Labute approximate surface area is 217 Å². The highest BCUT2D eigenvalue weighted by atomic mass is 16.6. The SMILES string of the molecule is O=C1COc2ccc(N3C[C@H](CCNCc4cc(-c5cc(OC6COC6)cnn5)ccn4)OC3=O)nc2N1. The second-order valence-corrected chi connectivity index (χ2v) is 9.02. The Morgan fingerprint density at radius 1 is 1.18 bits per heavy atom. The molecule has 2 N–H and O–H groups in total. The van der Waals surface area contributed by atoms with Crippen LogP contribution in [0.25, 0.3) is 11.3 Å². The molecule has 2 fully saturated rings. The summed E-state index contributed by atoms with van der Waals surface area (Å²) in [7, 11) is 0. The van der Waals surface area contributed by atoms with E-state index in [1.807, 2.05) is 18.2 Å². The molecule has 0 bridgehead atoms. The van der Waals surface area contributed by atoms with Crippen LogP contribution >= 0.6 is 0 Å². The summed E-state index contributed by atoms with van der Waals surface area (Å²) in [6.45, 7) is 2.63. The van der Waals surface area contributed by atoms with Crippen molar-refractivity contribution in [1.82, 2.24) is 25.5 Å². The fraction of sp³-hybridized carbons (Fsp3) is 0.360. The minimum absolute atomic E-state index is 0.0541. The van der Waals surface area contributed by atoms with E-state index >= 15 is 0 Å². The van der Waals surface area contributed by atoms with Crippen LogP contribution in [0.5, 0.6) is 11.5 Å². The fourth-order valence-corrected chi connectivity index (χ4v) is 4.21. The molecule has 2 amide bonds. The van der Waals surface area contributed by atoms with Crippen molar-refractivity contribution < 1.29 is 28.5 Å². The van der Waals surface area contributed by atoms with Crippen LogP contribution in [-0.2, 0) is 20.8 Å². The Morgan fingerprint density at radius 3 is 2.97 bits per heavy atom. The number of hydrogen-bond acceptors (Lipinski definition) is 11. The van der Waals surface area contributed by atoms with Crippen LogP contribution in [0, 0.1) is 0 Å². The molecule has 13 heteroatoms. The molecule has 0 radical (unpaired) electrons. The number of fused-ring (bicyclic) bond motifs is 1. The monoisotopic (exact) mass is 519 g/mol.